The van der Waals surface area contributed by atoms with Gasteiger partial charge in [0.25, 0.3) is 0 Å². The number of aromatic nitrogens is 2. The van der Waals surface area contributed by atoms with Crippen LogP contribution in [0.4, 0.5) is 10.6 Å². The number of rotatable bonds is 8. The predicted molar refractivity (Wildman–Crippen MR) is 101 cm³/mol. The number of carbonyl (C=O) groups is 1. The van der Waals surface area contributed by atoms with Gasteiger partial charge >= 0.3 is 6.03 Å². The molecule has 6 nitrogen and oxygen atoms in total. The van der Waals surface area contributed by atoms with E-state index >= 15 is 0 Å². The largest absolute Gasteiger partial charge is 0.380 e. The minimum atomic E-state index is -0.307. The molecule has 0 fully saturated rings. The standard InChI is InChI=1S/C19H28N4O2/c1-5-8-16(9-6-2)10-11-17-15-18(22-23(17)4)21-19(24)20-12-14-25-13-7-3/h5,8-9,15H,6-7,12-14H2,1-4H3,(H2,20,21,22,24). The molecule has 1 heterocycles. The van der Waals surface area contributed by atoms with Gasteiger partial charge in [0.1, 0.15) is 5.69 Å². The van der Waals surface area contributed by atoms with E-state index < -0.39 is 0 Å². The maximum absolute atomic E-state index is 11.8. The smallest absolute Gasteiger partial charge is 0.320 e. The number of anilines is 1. The molecule has 0 aliphatic carbocycles. The summed E-state index contributed by atoms with van der Waals surface area (Å²) < 4.78 is 6.95. The van der Waals surface area contributed by atoms with Crippen LogP contribution in [0.1, 0.15) is 39.3 Å². The average Bonchev–Trinajstić information content (AvgIpc) is 2.92. The molecule has 136 valence electrons. The lowest BCUT2D eigenvalue weighted by Gasteiger charge is -2.05. The van der Waals surface area contributed by atoms with Crippen LogP contribution in [0.15, 0.2) is 29.9 Å². The molecule has 2 amide bonds. The third-order valence-electron chi connectivity index (χ3n) is 3.11. The van der Waals surface area contributed by atoms with Gasteiger partial charge in [-0.3, -0.25) is 10.00 Å². The predicted octanol–water partition coefficient (Wildman–Crippen LogP) is 3.23. The molecule has 0 saturated carbocycles. The number of nitrogens with zero attached hydrogens (tertiary/aromatic N) is 2. The summed E-state index contributed by atoms with van der Waals surface area (Å²) in [7, 11) is 1.80. The first kappa shape index (κ1) is 20.5. The van der Waals surface area contributed by atoms with E-state index in [1.807, 2.05) is 26.0 Å². The van der Waals surface area contributed by atoms with Gasteiger partial charge in [0, 0.05) is 31.8 Å². The maximum atomic E-state index is 11.8. The van der Waals surface area contributed by atoms with E-state index in [1.165, 1.54) is 0 Å². The van der Waals surface area contributed by atoms with E-state index in [4.69, 9.17) is 4.74 Å². The average molecular weight is 344 g/mol. The Hall–Kier alpha value is -2.52. The van der Waals surface area contributed by atoms with E-state index in [0.29, 0.717) is 25.6 Å². The van der Waals surface area contributed by atoms with Crippen molar-refractivity contribution in [3.05, 3.63) is 35.6 Å². The number of amides is 2. The molecule has 0 atom stereocenters. The van der Waals surface area contributed by atoms with E-state index in [2.05, 4.69) is 40.6 Å². The van der Waals surface area contributed by atoms with Crippen molar-refractivity contribution < 1.29 is 9.53 Å². The monoisotopic (exact) mass is 344 g/mol. The van der Waals surface area contributed by atoms with Crippen molar-refractivity contribution in [2.45, 2.75) is 33.6 Å². The van der Waals surface area contributed by atoms with E-state index in [0.717, 1.165) is 24.1 Å². The van der Waals surface area contributed by atoms with Crippen molar-refractivity contribution in [1.29, 1.82) is 0 Å². The fraction of sp³-hybridized carbons (Fsp3) is 0.474. The maximum Gasteiger partial charge on any atom is 0.320 e. The highest BCUT2D eigenvalue weighted by Crippen LogP contribution is 2.07. The fourth-order valence-electron chi connectivity index (χ4n) is 1.99. The highest BCUT2D eigenvalue weighted by atomic mass is 16.5. The van der Waals surface area contributed by atoms with Gasteiger partial charge in [-0.15, -0.1) is 0 Å². The molecule has 0 aromatic carbocycles. The second-order valence-electron chi connectivity index (χ2n) is 5.35. The van der Waals surface area contributed by atoms with Crippen LogP contribution in [0.2, 0.25) is 0 Å². The molecule has 6 heteroatoms. The molecule has 1 aromatic heterocycles. The Morgan fingerprint density at radius 2 is 2.20 bits per heavy atom. The van der Waals surface area contributed by atoms with Crippen molar-refractivity contribution in [2.75, 3.05) is 25.1 Å². The summed E-state index contributed by atoms with van der Waals surface area (Å²) in [5.41, 5.74) is 1.69. The first-order chi connectivity index (χ1) is 12.1. The Kier molecular flexibility index (Phi) is 9.79. The van der Waals surface area contributed by atoms with E-state index in [-0.39, 0.29) is 6.03 Å². The second-order valence-corrected chi connectivity index (χ2v) is 5.35. The molecule has 2 N–H and O–H groups in total. The number of urea groups is 1. The fourth-order valence-corrected chi connectivity index (χ4v) is 1.99. The van der Waals surface area contributed by atoms with Crippen LogP contribution in [0.3, 0.4) is 0 Å². The van der Waals surface area contributed by atoms with Crippen molar-refractivity contribution in [2.24, 2.45) is 7.05 Å². The van der Waals surface area contributed by atoms with Gasteiger partial charge in [-0.05, 0) is 25.7 Å². The number of ether oxygens (including phenoxy) is 1. The summed E-state index contributed by atoms with van der Waals surface area (Å²) >= 11 is 0. The normalized spacial score (nSPS) is 11.3. The van der Waals surface area contributed by atoms with Crippen LogP contribution in [0.25, 0.3) is 0 Å². The Morgan fingerprint density at radius 1 is 1.40 bits per heavy atom. The minimum Gasteiger partial charge on any atom is -0.380 e. The topological polar surface area (TPSA) is 68.2 Å². The number of hydrogen-bond acceptors (Lipinski definition) is 3. The van der Waals surface area contributed by atoms with Gasteiger partial charge in [-0.1, -0.05) is 38.0 Å². The lowest BCUT2D eigenvalue weighted by molar-refractivity contribution is 0.137. The number of allylic oxidation sites excluding steroid dienone is 4. The zero-order valence-electron chi connectivity index (χ0n) is 15.6. The summed E-state index contributed by atoms with van der Waals surface area (Å²) in [4.78, 5) is 11.8. The molecule has 0 aliphatic rings. The molecule has 1 rings (SSSR count). The van der Waals surface area contributed by atoms with Crippen molar-refractivity contribution in [3.8, 4) is 11.8 Å². The Bertz CT molecular complexity index is 663. The van der Waals surface area contributed by atoms with Gasteiger partial charge < -0.3 is 10.1 Å². The molecule has 0 unspecified atom stereocenters. The quantitative estimate of drug-likeness (QED) is 0.432. The highest BCUT2D eigenvalue weighted by molar-refractivity contribution is 5.88. The summed E-state index contributed by atoms with van der Waals surface area (Å²) in [6.07, 6.45) is 7.89. The van der Waals surface area contributed by atoms with E-state index in [1.54, 1.807) is 17.8 Å². The number of carbonyl (C=O) groups excluding carboxylic acids is 1. The lowest BCUT2D eigenvalue weighted by Crippen LogP contribution is -2.31. The van der Waals surface area contributed by atoms with Gasteiger partial charge in [0.2, 0.25) is 0 Å². The molecular formula is C19H28N4O2. The number of aryl methyl sites for hydroxylation is 1. The number of hydrogen-bond donors (Lipinski definition) is 2. The van der Waals surface area contributed by atoms with Gasteiger partial charge in [-0.25, -0.2) is 4.79 Å². The highest BCUT2D eigenvalue weighted by Gasteiger charge is 2.06. The molecule has 25 heavy (non-hydrogen) atoms. The van der Waals surface area contributed by atoms with Crippen molar-refractivity contribution >= 4 is 11.8 Å². The zero-order chi connectivity index (χ0) is 18.5. The van der Waals surface area contributed by atoms with Crippen LogP contribution < -0.4 is 10.6 Å². The molecule has 0 aliphatic heterocycles. The third-order valence-corrected chi connectivity index (χ3v) is 3.11. The van der Waals surface area contributed by atoms with E-state index in [9.17, 15) is 4.79 Å². The van der Waals surface area contributed by atoms with Gasteiger partial charge in [0.15, 0.2) is 5.82 Å². The first-order valence-electron chi connectivity index (χ1n) is 8.62. The molecule has 0 radical (unpaired) electrons. The van der Waals surface area contributed by atoms with Crippen LogP contribution in [0.5, 0.6) is 0 Å². The second kappa shape index (κ2) is 11.9. The zero-order valence-corrected chi connectivity index (χ0v) is 15.6. The number of nitrogens with one attached hydrogen (secondary N) is 2. The molecule has 0 bridgehead atoms. The van der Waals surface area contributed by atoms with Crippen LogP contribution >= 0.6 is 0 Å². The summed E-state index contributed by atoms with van der Waals surface area (Å²) in [5, 5.41) is 9.67. The Morgan fingerprint density at radius 3 is 2.88 bits per heavy atom. The van der Waals surface area contributed by atoms with Crippen LogP contribution in [-0.4, -0.2) is 35.6 Å². The van der Waals surface area contributed by atoms with Gasteiger partial charge in [0.05, 0.1) is 6.61 Å². The Balaban J connectivity index is 2.61. The van der Waals surface area contributed by atoms with Crippen molar-refractivity contribution in [1.82, 2.24) is 15.1 Å². The Labute approximate surface area is 150 Å². The third kappa shape index (κ3) is 8.23. The van der Waals surface area contributed by atoms with Crippen molar-refractivity contribution in [3.63, 3.8) is 0 Å². The summed E-state index contributed by atoms with van der Waals surface area (Å²) in [6, 6.07) is 1.44. The summed E-state index contributed by atoms with van der Waals surface area (Å²) in [5.74, 6) is 6.66. The first-order valence-corrected chi connectivity index (χ1v) is 8.62. The molecular weight excluding hydrogens is 316 g/mol. The van der Waals surface area contributed by atoms with Crippen LogP contribution in [0, 0.1) is 11.8 Å². The molecule has 1 aromatic rings. The summed E-state index contributed by atoms with van der Waals surface area (Å²) in [6.45, 7) is 7.73. The SMILES string of the molecule is CC=CC(C#Cc1cc(NC(=O)NCCOCCC)nn1C)=CCC. The molecule has 0 spiro atoms. The van der Waals surface area contributed by atoms with Gasteiger partial charge in [-0.2, -0.15) is 5.10 Å². The minimum absolute atomic E-state index is 0.307. The van der Waals surface area contributed by atoms with Crippen LogP contribution in [-0.2, 0) is 11.8 Å². The lowest BCUT2D eigenvalue weighted by atomic mass is 10.2. The molecule has 0 saturated heterocycles.